The van der Waals surface area contributed by atoms with E-state index in [4.69, 9.17) is 0 Å². The number of hydrogen-bond acceptors (Lipinski definition) is 4. The number of aryl methyl sites for hydroxylation is 1. The van der Waals surface area contributed by atoms with Crippen LogP contribution < -0.4 is 5.32 Å². The third-order valence-corrected chi connectivity index (χ3v) is 3.50. The van der Waals surface area contributed by atoms with Gasteiger partial charge >= 0.3 is 0 Å². The molecule has 0 aromatic carbocycles. The number of aliphatic hydroxyl groups is 1. The zero-order valence-electron chi connectivity index (χ0n) is 9.76. The minimum atomic E-state index is -0.0507. The number of aliphatic hydroxyl groups excluding tert-OH is 1. The van der Waals surface area contributed by atoms with E-state index in [9.17, 15) is 5.11 Å². The smallest absolute Gasteiger partial charge is 0.0627 e. The lowest BCUT2D eigenvalue weighted by atomic mass is 10.1. The lowest BCUT2D eigenvalue weighted by Gasteiger charge is -2.15. The molecule has 1 unspecified atom stereocenters. The van der Waals surface area contributed by atoms with E-state index in [1.807, 2.05) is 31.3 Å². The molecule has 2 aromatic heterocycles. The van der Waals surface area contributed by atoms with E-state index in [-0.39, 0.29) is 12.6 Å². The number of hydrogen-bond donors (Lipinski definition) is 2. The summed E-state index contributed by atoms with van der Waals surface area (Å²) in [5.74, 6) is 0. The summed E-state index contributed by atoms with van der Waals surface area (Å²) in [4.78, 5) is 5.51. The second-order valence-corrected chi connectivity index (χ2v) is 4.96. The van der Waals surface area contributed by atoms with Crippen LogP contribution >= 0.6 is 11.3 Å². The molecule has 0 saturated heterocycles. The number of pyridine rings is 1. The average Bonchev–Trinajstić information content (AvgIpc) is 2.85. The maximum atomic E-state index is 9.39. The molecule has 0 fully saturated rings. The second-order valence-electron chi connectivity index (χ2n) is 3.93. The molecule has 0 spiro atoms. The minimum absolute atomic E-state index is 0.0507. The van der Waals surface area contributed by atoms with E-state index in [1.165, 1.54) is 4.88 Å². The van der Waals surface area contributed by atoms with Gasteiger partial charge in [0, 0.05) is 23.3 Å². The van der Waals surface area contributed by atoms with Crippen molar-refractivity contribution in [3.05, 3.63) is 52.0 Å². The van der Waals surface area contributed by atoms with Gasteiger partial charge in [-0.1, -0.05) is 12.1 Å². The monoisotopic (exact) mass is 248 g/mol. The van der Waals surface area contributed by atoms with E-state index >= 15 is 0 Å². The van der Waals surface area contributed by atoms with Crippen LogP contribution in [0.3, 0.4) is 0 Å². The molecule has 3 nitrogen and oxygen atoms in total. The maximum Gasteiger partial charge on any atom is 0.0627 e. The number of thiophene rings is 1. The van der Waals surface area contributed by atoms with E-state index < -0.39 is 0 Å². The predicted molar refractivity (Wildman–Crippen MR) is 70.0 cm³/mol. The SMILES string of the molecule is Cc1ccc(C(CO)NCc2cccs2)cn1. The molecule has 0 aliphatic rings. The van der Waals surface area contributed by atoms with Crippen molar-refractivity contribution < 1.29 is 5.11 Å². The van der Waals surface area contributed by atoms with Gasteiger partial charge in [0.25, 0.3) is 0 Å². The molecule has 0 amide bonds. The van der Waals surface area contributed by atoms with Crippen molar-refractivity contribution >= 4 is 11.3 Å². The third kappa shape index (κ3) is 3.36. The lowest BCUT2D eigenvalue weighted by Crippen LogP contribution is -2.23. The summed E-state index contributed by atoms with van der Waals surface area (Å²) < 4.78 is 0. The Morgan fingerprint density at radius 3 is 2.88 bits per heavy atom. The highest BCUT2D eigenvalue weighted by Gasteiger charge is 2.09. The first-order valence-corrected chi connectivity index (χ1v) is 6.46. The van der Waals surface area contributed by atoms with Crippen molar-refractivity contribution in [2.24, 2.45) is 0 Å². The maximum absolute atomic E-state index is 9.39. The first-order chi connectivity index (χ1) is 8.29. The van der Waals surface area contributed by atoms with Gasteiger partial charge in [-0.15, -0.1) is 11.3 Å². The summed E-state index contributed by atoms with van der Waals surface area (Å²) in [5, 5.41) is 14.8. The first-order valence-electron chi connectivity index (χ1n) is 5.59. The topological polar surface area (TPSA) is 45.1 Å². The number of rotatable bonds is 5. The Kier molecular flexibility index (Phi) is 4.25. The van der Waals surface area contributed by atoms with E-state index in [0.29, 0.717) is 0 Å². The quantitative estimate of drug-likeness (QED) is 0.853. The van der Waals surface area contributed by atoms with Crippen molar-refractivity contribution in [2.45, 2.75) is 19.5 Å². The fourth-order valence-electron chi connectivity index (χ4n) is 1.61. The van der Waals surface area contributed by atoms with Crippen molar-refractivity contribution in [3.63, 3.8) is 0 Å². The van der Waals surface area contributed by atoms with Crippen LogP contribution in [0.5, 0.6) is 0 Å². The fourth-order valence-corrected chi connectivity index (χ4v) is 2.27. The molecule has 2 N–H and O–H groups in total. The summed E-state index contributed by atoms with van der Waals surface area (Å²) in [6, 6.07) is 8.03. The number of aromatic nitrogens is 1. The van der Waals surface area contributed by atoms with Crippen LogP contribution in [0.2, 0.25) is 0 Å². The van der Waals surface area contributed by atoms with Crippen LogP contribution in [0.15, 0.2) is 35.8 Å². The zero-order valence-corrected chi connectivity index (χ0v) is 10.6. The van der Waals surface area contributed by atoms with Crippen LogP contribution in [0, 0.1) is 6.92 Å². The molecule has 0 saturated carbocycles. The summed E-state index contributed by atoms with van der Waals surface area (Å²) in [6.45, 7) is 2.81. The van der Waals surface area contributed by atoms with Crippen LogP contribution in [-0.2, 0) is 6.54 Å². The molecular formula is C13H16N2OS. The highest BCUT2D eigenvalue weighted by Crippen LogP contribution is 2.14. The summed E-state index contributed by atoms with van der Waals surface area (Å²) >= 11 is 1.71. The van der Waals surface area contributed by atoms with Gasteiger partial charge in [0.05, 0.1) is 12.6 Å². The van der Waals surface area contributed by atoms with Crippen molar-refractivity contribution in [1.82, 2.24) is 10.3 Å². The Bertz CT molecular complexity index is 439. The average molecular weight is 248 g/mol. The zero-order chi connectivity index (χ0) is 12.1. The molecule has 1 atom stereocenters. The molecule has 0 bridgehead atoms. The molecule has 2 rings (SSSR count). The Morgan fingerprint density at radius 1 is 1.41 bits per heavy atom. The predicted octanol–water partition coefficient (Wildman–Crippen LogP) is 2.27. The van der Waals surface area contributed by atoms with E-state index in [2.05, 4.69) is 21.7 Å². The van der Waals surface area contributed by atoms with Crippen LogP contribution in [0.25, 0.3) is 0 Å². The summed E-state index contributed by atoms with van der Waals surface area (Å²) in [7, 11) is 0. The highest BCUT2D eigenvalue weighted by atomic mass is 32.1. The van der Waals surface area contributed by atoms with Crippen LogP contribution in [0.4, 0.5) is 0 Å². The molecule has 0 aliphatic heterocycles. The normalized spacial score (nSPS) is 12.6. The third-order valence-electron chi connectivity index (χ3n) is 2.62. The Hall–Kier alpha value is -1.23. The molecule has 0 radical (unpaired) electrons. The van der Waals surface area contributed by atoms with Gasteiger partial charge in [0.1, 0.15) is 0 Å². The van der Waals surface area contributed by atoms with Gasteiger partial charge in [0.15, 0.2) is 0 Å². The largest absolute Gasteiger partial charge is 0.394 e. The van der Waals surface area contributed by atoms with Crippen molar-refractivity contribution in [2.75, 3.05) is 6.61 Å². The highest BCUT2D eigenvalue weighted by molar-refractivity contribution is 7.09. The van der Waals surface area contributed by atoms with Gasteiger partial charge in [0.2, 0.25) is 0 Å². The fraction of sp³-hybridized carbons (Fsp3) is 0.308. The summed E-state index contributed by atoms with van der Waals surface area (Å²) in [5.41, 5.74) is 2.01. The molecular weight excluding hydrogens is 232 g/mol. The van der Waals surface area contributed by atoms with Gasteiger partial charge < -0.3 is 10.4 Å². The number of nitrogens with one attached hydrogen (secondary N) is 1. The molecule has 90 valence electrons. The Balaban J connectivity index is 1.99. The standard InChI is InChI=1S/C13H16N2OS/c1-10-4-5-11(7-14-10)13(9-16)15-8-12-3-2-6-17-12/h2-7,13,15-16H,8-9H2,1H3. The van der Waals surface area contributed by atoms with E-state index in [0.717, 1.165) is 17.8 Å². The first kappa shape index (κ1) is 12.2. The van der Waals surface area contributed by atoms with Gasteiger partial charge in [-0.05, 0) is 30.0 Å². The van der Waals surface area contributed by atoms with Crippen molar-refractivity contribution in [3.8, 4) is 0 Å². The minimum Gasteiger partial charge on any atom is -0.394 e. The molecule has 0 aliphatic carbocycles. The van der Waals surface area contributed by atoms with Gasteiger partial charge in [-0.3, -0.25) is 4.98 Å². The second kappa shape index (κ2) is 5.91. The lowest BCUT2D eigenvalue weighted by molar-refractivity contribution is 0.243. The Morgan fingerprint density at radius 2 is 2.29 bits per heavy atom. The number of nitrogens with zero attached hydrogens (tertiary/aromatic N) is 1. The Labute approximate surface area is 105 Å². The van der Waals surface area contributed by atoms with Crippen LogP contribution in [0.1, 0.15) is 22.2 Å². The van der Waals surface area contributed by atoms with Gasteiger partial charge in [-0.25, -0.2) is 0 Å². The molecule has 17 heavy (non-hydrogen) atoms. The van der Waals surface area contributed by atoms with E-state index in [1.54, 1.807) is 11.3 Å². The molecule has 4 heteroatoms. The van der Waals surface area contributed by atoms with Gasteiger partial charge in [-0.2, -0.15) is 0 Å². The molecule has 2 heterocycles. The van der Waals surface area contributed by atoms with Crippen LogP contribution in [-0.4, -0.2) is 16.7 Å². The summed E-state index contributed by atoms with van der Waals surface area (Å²) in [6.07, 6.45) is 1.82. The van der Waals surface area contributed by atoms with Crippen molar-refractivity contribution in [1.29, 1.82) is 0 Å². The molecule has 2 aromatic rings.